The van der Waals surface area contributed by atoms with Gasteiger partial charge in [0.15, 0.2) is 6.54 Å². The highest BCUT2D eigenvalue weighted by molar-refractivity contribution is 5.91. The van der Waals surface area contributed by atoms with Crippen molar-refractivity contribution in [2.45, 2.75) is 19.3 Å². The van der Waals surface area contributed by atoms with E-state index in [1.807, 2.05) is 30.3 Å². The fraction of sp³-hybridized carbons (Fsp3) is 0.316. The van der Waals surface area contributed by atoms with E-state index in [9.17, 15) is 4.79 Å². The van der Waals surface area contributed by atoms with Crippen LogP contribution in [0.2, 0.25) is 0 Å². The summed E-state index contributed by atoms with van der Waals surface area (Å²) in [6.07, 6.45) is 3.80. The average molecular weight is 295 g/mol. The van der Waals surface area contributed by atoms with Crippen LogP contribution in [0, 0.1) is 0 Å². The Morgan fingerprint density at radius 3 is 2.18 bits per heavy atom. The number of quaternary nitrogens is 1. The monoisotopic (exact) mass is 295 g/mol. The minimum absolute atomic E-state index is 0.115. The molecule has 0 spiro atoms. The van der Waals surface area contributed by atoms with E-state index in [0.29, 0.717) is 6.54 Å². The number of likely N-dealkylation sites (tertiary alicyclic amines) is 1. The number of benzene rings is 2. The minimum atomic E-state index is 0.115. The van der Waals surface area contributed by atoms with Crippen LogP contribution in [0.5, 0.6) is 0 Å². The third-order valence-corrected chi connectivity index (χ3v) is 4.25. The summed E-state index contributed by atoms with van der Waals surface area (Å²) in [6.45, 7) is 2.83. The van der Waals surface area contributed by atoms with Crippen LogP contribution in [0.1, 0.15) is 19.3 Å². The number of hydrogen-bond donors (Lipinski definition) is 2. The van der Waals surface area contributed by atoms with Gasteiger partial charge in [-0.25, -0.2) is 0 Å². The predicted octanol–water partition coefficient (Wildman–Crippen LogP) is 2.36. The Morgan fingerprint density at radius 1 is 0.864 bits per heavy atom. The molecule has 2 N–H and O–H groups in total. The fourth-order valence-electron chi connectivity index (χ4n) is 3.04. The number of nitrogens with one attached hydrogen (secondary N) is 2. The first kappa shape index (κ1) is 14.8. The summed E-state index contributed by atoms with van der Waals surface area (Å²) in [4.78, 5) is 13.5. The Bertz CT molecular complexity index is 601. The molecule has 3 heteroatoms. The lowest BCUT2D eigenvalue weighted by Gasteiger charge is -2.22. The van der Waals surface area contributed by atoms with Crippen molar-refractivity contribution in [1.82, 2.24) is 0 Å². The van der Waals surface area contributed by atoms with Gasteiger partial charge in [0.25, 0.3) is 5.91 Å². The lowest BCUT2D eigenvalue weighted by molar-refractivity contribution is -0.896. The lowest BCUT2D eigenvalue weighted by Crippen LogP contribution is -3.13. The smallest absolute Gasteiger partial charge is 0.279 e. The summed E-state index contributed by atoms with van der Waals surface area (Å²) >= 11 is 0. The maximum absolute atomic E-state index is 12.1. The van der Waals surface area contributed by atoms with Crippen LogP contribution in [-0.4, -0.2) is 25.5 Å². The van der Waals surface area contributed by atoms with Gasteiger partial charge < -0.3 is 10.2 Å². The summed E-state index contributed by atoms with van der Waals surface area (Å²) < 4.78 is 0. The molecular formula is C19H23N2O+. The standard InChI is InChI=1S/C19H22N2O/c22-19(15-21-13-5-2-6-14-21)20-18-11-9-17(10-12-18)16-7-3-1-4-8-16/h1,3-4,7-12H,2,5-6,13-15H2,(H,20,22)/p+1. The summed E-state index contributed by atoms with van der Waals surface area (Å²) in [7, 11) is 0. The first-order chi connectivity index (χ1) is 10.8. The molecule has 0 aliphatic carbocycles. The second-order valence-electron chi connectivity index (χ2n) is 5.98. The highest BCUT2D eigenvalue weighted by atomic mass is 16.2. The number of anilines is 1. The van der Waals surface area contributed by atoms with Crippen LogP contribution >= 0.6 is 0 Å². The van der Waals surface area contributed by atoms with Gasteiger partial charge in [0.05, 0.1) is 13.1 Å². The van der Waals surface area contributed by atoms with Gasteiger partial charge in [0.2, 0.25) is 0 Å². The SMILES string of the molecule is O=C(C[NH+]1CCCCC1)Nc1ccc(-c2ccccc2)cc1. The molecule has 0 atom stereocenters. The molecule has 1 aliphatic heterocycles. The summed E-state index contributed by atoms with van der Waals surface area (Å²) in [6, 6.07) is 18.3. The molecular weight excluding hydrogens is 272 g/mol. The molecule has 0 saturated carbocycles. The van der Waals surface area contributed by atoms with E-state index in [2.05, 4.69) is 29.6 Å². The maximum atomic E-state index is 12.1. The minimum Gasteiger partial charge on any atom is -0.327 e. The number of rotatable bonds is 4. The van der Waals surface area contributed by atoms with Crippen LogP contribution in [0.25, 0.3) is 11.1 Å². The molecule has 2 aromatic rings. The van der Waals surface area contributed by atoms with Gasteiger partial charge in [-0.05, 0) is 42.5 Å². The molecule has 114 valence electrons. The normalized spacial score (nSPS) is 15.5. The van der Waals surface area contributed by atoms with Crippen molar-refractivity contribution in [1.29, 1.82) is 0 Å². The van der Waals surface area contributed by atoms with E-state index < -0.39 is 0 Å². The molecule has 0 bridgehead atoms. The quantitative estimate of drug-likeness (QED) is 0.892. The Morgan fingerprint density at radius 2 is 1.50 bits per heavy atom. The van der Waals surface area contributed by atoms with Crippen LogP contribution in [0.4, 0.5) is 5.69 Å². The number of carbonyl (C=O) groups is 1. The van der Waals surface area contributed by atoms with Gasteiger partial charge in [0, 0.05) is 5.69 Å². The zero-order valence-electron chi connectivity index (χ0n) is 12.8. The maximum Gasteiger partial charge on any atom is 0.279 e. The van der Waals surface area contributed by atoms with Gasteiger partial charge in [-0.3, -0.25) is 4.79 Å². The van der Waals surface area contributed by atoms with Crippen LogP contribution in [-0.2, 0) is 4.79 Å². The third kappa shape index (κ3) is 3.95. The largest absolute Gasteiger partial charge is 0.327 e. The van der Waals surface area contributed by atoms with Gasteiger partial charge in [-0.2, -0.15) is 0 Å². The fourth-order valence-corrected chi connectivity index (χ4v) is 3.04. The first-order valence-corrected chi connectivity index (χ1v) is 8.10. The zero-order chi connectivity index (χ0) is 15.2. The Kier molecular flexibility index (Phi) is 4.86. The van der Waals surface area contributed by atoms with Crippen LogP contribution < -0.4 is 10.2 Å². The van der Waals surface area contributed by atoms with E-state index in [0.717, 1.165) is 18.8 Å². The number of amides is 1. The van der Waals surface area contributed by atoms with E-state index in [1.54, 1.807) is 0 Å². The van der Waals surface area contributed by atoms with E-state index in [4.69, 9.17) is 0 Å². The van der Waals surface area contributed by atoms with Crippen molar-refractivity contribution in [2.24, 2.45) is 0 Å². The Labute approximate surface area is 132 Å². The molecule has 2 aromatic carbocycles. The zero-order valence-corrected chi connectivity index (χ0v) is 12.8. The average Bonchev–Trinajstić information content (AvgIpc) is 2.57. The topological polar surface area (TPSA) is 33.5 Å². The van der Waals surface area contributed by atoms with Gasteiger partial charge in [-0.15, -0.1) is 0 Å². The van der Waals surface area contributed by atoms with Gasteiger partial charge in [0.1, 0.15) is 0 Å². The van der Waals surface area contributed by atoms with Crippen molar-refractivity contribution in [3.8, 4) is 11.1 Å². The Balaban J connectivity index is 1.57. The molecule has 1 fully saturated rings. The van der Waals surface area contributed by atoms with Crippen LogP contribution in [0.15, 0.2) is 54.6 Å². The second kappa shape index (κ2) is 7.23. The van der Waals surface area contributed by atoms with Crippen molar-refractivity contribution < 1.29 is 9.69 Å². The molecule has 0 unspecified atom stereocenters. The third-order valence-electron chi connectivity index (χ3n) is 4.25. The van der Waals surface area contributed by atoms with E-state index >= 15 is 0 Å². The highest BCUT2D eigenvalue weighted by Crippen LogP contribution is 2.20. The highest BCUT2D eigenvalue weighted by Gasteiger charge is 2.17. The molecule has 1 saturated heterocycles. The van der Waals surface area contributed by atoms with Gasteiger partial charge >= 0.3 is 0 Å². The molecule has 0 radical (unpaired) electrons. The van der Waals surface area contributed by atoms with Gasteiger partial charge in [-0.1, -0.05) is 42.5 Å². The summed E-state index contributed by atoms with van der Waals surface area (Å²) in [5, 5.41) is 3.01. The predicted molar refractivity (Wildman–Crippen MR) is 89.9 cm³/mol. The number of piperidine rings is 1. The second-order valence-corrected chi connectivity index (χ2v) is 5.98. The number of hydrogen-bond acceptors (Lipinski definition) is 1. The van der Waals surface area contributed by atoms with Crippen LogP contribution in [0.3, 0.4) is 0 Å². The van der Waals surface area contributed by atoms with Crippen molar-refractivity contribution in [3.05, 3.63) is 54.6 Å². The summed E-state index contributed by atoms with van der Waals surface area (Å²) in [5.74, 6) is 0.115. The molecule has 3 nitrogen and oxygen atoms in total. The molecule has 1 amide bonds. The molecule has 22 heavy (non-hydrogen) atoms. The van der Waals surface area contributed by atoms with E-state index in [-0.39, 0.29) is 5.91 Å². The molecule has 3 rings (SSSR count). The first-order valence-electron chi connectivity index (χ1n) is 8.10. The molecule has 1 aliphatic rings. The van der Waals surface area contributed by atoms with Crippen molar-refractivity contribution in [2.75, 3.05) is 25.0 Å². The van der Waals surface area contributed by atoms with Crippen molar-refractivity contribution in [3.63, 3.8) is 0 Å². The Hall–Kier alpha value is -2.13. The molecule has 0 aromatic heterocycles. The van der Waals surface area contributed by atoms with Crippen molar-refractivity contribution >= 4 is 11.6 Å². The summed E-state index contributed by atoms with van der Waals surface area (Å²) in [5.41, 5.74) is 3.24. The van der Waals surface area contributed by atoms with E-state index in [1.165, 1.54) is 35.3 Å². The number of carbonyl (C=O) groups excluding carboxylic acids is 1. The molecule has 1 heterocycles. The lowest BCUT2D eigenvalue weighted by atomic mass is 10.1.